The van der Waals surface area contributed by atoms with E-state index < -0.39 is 89.4 Å². The number of hydrogen-bond acceptors (Lipinski definition) is 14. The molecule has 0 N–H and O–H groups in total. The number of Topliss-reactive ketones (excluding diaryl/α,β-unsaturated/α-hetero) is 3. The molecule has 0 aromatic heterocycles. The number of rotatable bonds is 73. The molecule has 100 heavy (non-hydrogen) atoms. The fraction of sp³-hybridized carbons (Fsp3) is 0.907. The Morgan fingerprint density at radius 1 is 0.250 bits per heavy atom. The Labute approximate surface area is 613 Å². The van der Waals surface area contributed by atoms with Crippen molar-refractivity contribution in [2.45, 2.75) is 496 Å². The summed E-state index contributed by atoms with van der Waals surface area (Å²) in [4.78, 5) is 128. The van der Waals surface area contributed by atoms with E-state index in [4.69, 9.17) is 28.4 Å². The van der Waals surface area contributed by atoms with Crippen molar-refractivity contribution in [3.05, 3.63) is 0 Å². The third-order valence-corrected chi connectivity index (χ3v) is 20.6. The number of esters is 5. The molecule has 1 heterocycles. The van der Waals surface area contributed by atoms with Gasteiger partial charge in [-0.05, 0) is 51.4 Å². The second kappa shape index (κ2) is 63.8. The van der Waals surface area contributed by atoms with Gasteiger partial charge in [0.2, 0.25) is 5.78 Å². The SMILES string of the molecule is CCCCCCCCCC(=O)OC[C@H]1OC(OC(=O)CCCCCCCCC)(C(=O)CCCCCCCCC)[C@@](OC(=O)CCCCCCCCC)(C(=O)CCCCCCCCC)[C@](OC(=O)CCCCCCCCC)(C(=O)CCCCCCCCC)[C@@H]1OC(=O)CCCCCCCCC. The quantitative estimate of drug-likeness (QED) is 0.0317. The Morgan fingerprint density at radius 3 is 0.810 bits per heavy atom. The molecule has 584 valence electrons. The molecule has 1 fully saturated rings. The molecule has 0 amide bonds. The molecule has 1 aliphatic heterocycles. The molecule has 1 saturated heterocycles. The monoisotopic (exact) mass is 1410 g/mol. The first-order chi connectivity index (χ1) is 48.7. The smallest absolute Gasteiger partial charge is 0.326 e. The van der Waals surface area contributed by atoms with Crippen molar-refractivity contribution < 1.29 is 66.8 Å². The van der Waals surface area contributed by atoms with Gasteiger partial charge in [0.15, 0.2) is 17.7 Å². The molecule has 0 aliphatic carbocycles. The number of unbranched alkanes of at least 4 members (excludes halogenated alkanes) is 48. The molecule has 0 aromatic carbocycles. The van der Waals surface area contributed by atoms with Crippen LogP contribution in [0.4, 0.5) is 0 Å². The second-order valence-corrected chi connectivity index (χ2v) is 29.9. The summed E-state index contributed by atoms with van der Waals surface area (Å²) >= 11 is 0. The lowest BCUT2D eigenvalue weighted by atomic mass is 9.61. The maximum Gasteiger partial charge on any atom is 0.326 e. The highest BCUT2D eigenvalue weighted by Gasteiger charge is 2.87. The first-order valence-corrected chi connectivity index (χ1v) is 43.0. The van der Waals surface area contributed by atoms with Crippen LogP contribution >= 0.6 is 0 Å². The lowest BCUT2D eigenvalue weighted by Gasteiger charge is -2.60. The lowest BCUT2D eigenvalue weighted by Crippen LogP contribution is -2.88. The normalized spacial score (nSPS) is 18.2. The maximum atomic E-state index is 17.3. The molecule has 1 aliphatic rings. The third-order valence-electron chi connectivity index (χ3n) is 20.6. The summed E-state index contributed by atoms with van der Waals surface area (Å²) in [6.45, 7) is 16.5. The summed E-state index contributed by atoms with van der Waals surface area (Å²) in [5, 5.41) is 0. The Bertz CT molecular complexity index is 2070. The van der Waals surface area contributed by atoms with E-state index in [1.807, 2.05) is 0 Å². The van der Waals surface area contributed by atoms with Crippen molar-refractivity contribution in [1.82, 2.24) is 0 Å². The Kier molecular flexibility index (Phi) is 60.1. The topological polar surface area (TPSA) is 192 Å². The van der Waals surface area contributed by atoms with Crippen LogP contribution in [0, 0.1) is 0 Å². The summed E-state index contributed by atoms with van der Waals surface area (Å²) in [5.74, 6) is -10.5. The van der Waals surface area contributed by atoms with Gasteiger partial charge >= 0.3 is 35.6 Å². The minimum atomic E-state index is -3.41. The van der Waals surface area contributed by atoms with Crippen molar-refractivity contribution in [1.29, 1.82) is 0 Å². The van der Waals surface area contributed by atoms with Crippen molar-refractivity contribution in [3.63, 3.8) is 0 Å². The van der Waals surface area contributed by atoms with Gasteiger partial charge in [0.1, 0.15) is 12.7 Å². The molecule has 1 unspecified atom stereocenters. The zero-order chi connectivity index (χ0) is 73.5. The Hall–Kier alpha value is -3.68. The summed E-state index contributed by atoms with van der Waals surface area (Å²) in [7, 11) is 0. The van der Waals surface area contributed by atoms with Gasteiger partial charge in [-0.15, -0.1) is 0 Å². The summed E-state index contributed by atoms with van der Waals surface area (Å²) in [6, 6.07) is 0. The highest BCUT2D eigenvalue weighted by atomic mass is 16.8. The van der Waals surface area contributed by atoms with Crippen LogP contribution in [-0.4, -0.2) is 83.0 Å². The first kappa shape index (κ1) is 94.3. The number of ketones is 3. The van der Waals surface area contributed by atoms with Crippen LogP contribution in [0.3, 0.4) is 0 Å². The zero-order valence-corrected chi connectivity index (χ0v) is 66.3. The van der Waals surface area contributed by atoms with Crippen LogP contribution in [0.2, 0.25) is 0 Å². The average molecular weight is 1410 g/mol. The van der Waals surface area contributed by atoms with E-state index >= 15 is 33.6 Å². The second-order valence-electron chi connectivity index (χ2n) is 29.9. The van der Waals surface area contributed by atoms with Crippen LogP contribution in [0.5, 0.6) is 0 Å². The van der Waals surface area contributed by atoms with Crippen molar-refractivity contribution in [2.75, 3.05) is 6.61 Å². The van der Waals surface area contributed by atoms with Crippen LogP contribution in [0.15, 0.2) is 0 Å². The number of ether oxygens (including phenoxy) is 6. The van der Waals surface area contributed by atoms with E-state index in [9.17, 15) is 4.79 Å². The minimum Gasteiger partial charge on any atom is -0.463 e. The fourth-order valence-corrected chi connectivity index (χ4v) is 14.4. The minimum absolute atomic E-state index is 0.0197. The lowest BCUT2D eigenvalue weighted by molar-refractivity contribution is -0.379. The van der Waals surface area contributed by atoms with Crippen LogP contribution in [-0.2, 0) is 66.8 Å². The van der Waals surface area contributed by atoms with Crippen molar-refractivity contribution >= 4 is 47.2 Å². The van der Waals surface area contributed by atoms with Gasteiger partial charge in [-0.25, -0.2) is 0 Å². The van der Waals surface area contributed by atoms with E-state index in [0.29, 0.717) is 77.0 Å². The molecule has 14 nitrogen and oxygen atoms in total. The number of carbonyl (C=O) groups is 8. The van der Waals surface area contributed by atoms with Gasteiger partial charge in [-0.3, -0.25) is 38.4 Å². The molecule has 0 aromatic rings. The summed E-state index contributed by atoms with van der Waals surface area (Å²) < 4.78 is 41.5. The summed E-state index contributed by atoms with van der Waals surface area (Å²) in [5.41, 5.74) is -6.63. The highest BCUT2D eigenvalue weighted by Crippen LogP contribution is 2.55. The predicted octanol–water partition coefficient (Wildman–Crippen LogP) is 24.5. The van der Waals surface area contributed by atoms with Gasteiger partial charge in [0, 0.05) is 51.4 Å². The maximum absolute atomic E-state index is 17.3. The Balaban J connectivity index is 5.05. The highest BCUT2D eigenvalue weighted by molar-refractivity contribution is 6.09. The standard InChI is InChI=1S/C86H156O14/c1-9-17-25-33-41-49-57-65-75(87)84(98-80(92)70-62-54-46-38-30-22-14-6)83(96-79(91)69-61-53-45-37-29-21-13-5)74(73-95-78(90)68-60-52-44-36-28-20-12-4)97-86(77(89)67-59-51-43-35-27-19-11-3,100-82(94)72-64-56-48-40-32-24-16-8)85(84,76(88)66-58-50-42-34-26-18-10-2)99-81(93)71-63-55-47-39-31-23-15-7/h74,83H,9-73H2,1-8H3/t74-,83-,84+,85-,86?/m1/s1. The van der Waals surface area contributed by atoms with Crippen LogP contribution in [0.1, 0.15) is 466 Å². The molecule has 0 radical (unpaired) electrons. The third kappa shape index (κ3) is 40.0. The number of carbonyl (C=O) groups excluding carboxylic acids is 8. The van der Waals surface area contributed by atoms with Gasteiger partial charge in [-0.2, -0.15) is 0 Å². The zero-order valence-electron chi connectivity index (χ0n) is 66.3. The van der Waals surface area contributed by atoms with Crippen molar-refractivity contribution in [2.24, 2.45) is 0 Å². The van der Waals surface area contributed by atoms with E-state index in [1.54, 1.807) is 0 Å². The van der Waals surface area contributed by atoms with E-state index in [-0.39, 0.29) is 64.2 Å². The molecular weight excluding hydrogens is 1260 g/mol. The van der Waals surface area contributed by atoms with E-state index in [0.717, 1.165) is 263 Å². The average Bonchev–Trinajstić information content (AvgIpc) is 0.671. The molecule has 1 rings (SSSR count). The van der Waals surface area contributed by atoms with Crippen molar-refractivity contribution in [3.8, 4) is 0 Å². The molecule has 14 heteroatoms. The summed E-state index contributed by atoms with van der Waals surface area (Å²) in [6.07, 6.45) is 41.2. The van der Waals surface area contributed by atoms with E-state index in [2.05, 4.69) is 55.4 Å². The molecule has 0 saturated carbocycles. The van der Waals surface area contributed by atoms with E-state index in [1.165, 1.54) is 0 Å². The van der Waals surface area contributed by atoms with Crippen LogP contribution in [0.25, 0.3) is 0 Å². The van der Waals surface area contributed by atoms with Gasteiger partial charge < -0.3 is 28.4 Å². The van der Waals surface area contributed by atoms with Crippen LogP contribution < -0.4 is 0 Å². The number of hydrogen-bond donors (Lipinski definition) is 0. The largest absolute Gasteiger partial charge is 0.463 e. The van der Waals surface area contributed by atoms with Gasteiger partial charge in [0.25, 0.3) is 11.2 Å². The molecular formula is C86H156O14. The predicted molar refractivity (Wildman–Crippen MR) is 408 cm³/mol. The molecule has 5 atom stereocenters. The molecule has 0 bridgehead atoms. The Morgan fingerprint density at radius 2 is 0.490 bits per heavy atom. The first-order valence-electron chi connectivity index (χ1n) is 43.0. The van der Waals surface area contributed by atoms with Gasteiger partial charge in [0.05, 0.1) is 0 Å². The fourth-order valence-electron chi connectivity index (χ4n) is 14.4. The van der Waals surface area contributed by atoms with Gasteiger partial charge in [-0.1, -0.05) is 364 Å². The molecule has 0 spiro atoms.